The molecule has 0 heterocycles. The Morgan fingerprint density at radius 3 is 2.77 bits per heavy atom. The highest BCUT2D eigenvalue weighted by Crippen LogP contribution is 2.44. The maximum Gasteiger partial charge on any atom is 0.122 e. The van der Waals surface area contributed by atoms with Gasteiger partial charge in [0, 0.05) is 22.5 Å². The Morgan fingerprint density at radius 1 is 1.54 bits per heavy atom. The number of hydrogen-bond donors (Lipinski definition) is 1. The number of rotatable bonds is 2. The first-order valence-corrected chi connectivity index (χ1v) is 4.69. The van der Waals surface area contributed by atoms with E-state index in [1.165, 1.54) is 0 Å². The quantitative estimate of drug-likeness (QED) is 0.789. The highest BCUT2D eigenvalue weighted by Gasteiger charge is 2.36. The van der Waals surface area contributed by atoms with Crippen molar-refractivity contribution in [2.24, 2.45) is 5.73 Å². The Morgan fingerprint density at radius 2 is 2.23 bits per heavy atom. The van der Waals surface area contributed by atoms with E-state index in [1.54, 1.807) is 7.11 Å². The SMILES string of the molecule is COc1ccc(Cl)cc1C1CC1N. The largest absolute Gasteiger partial charge is 0.496 e. The van der Waals surface area contributed by atoms with Crippen molar-refractivity contribution in [1.82, 2.24) is 0 Å². The maximum atomic E-state index is 5.90. The summed E-state index contributed by atoms with van der Waals surface area (Å²) in [6.07, 6.45) is 1.04. The lowest BCUT2D eigenvalue weighted by Crippen LogP contribution is -2.02. The van der Waals surface area contributed by atoms with Crippen LogP contribution in [0.5, 0.6) is 5.75 Å². The molecule has 13 heavy (non-hydrogen) atoms. The molecular formula is C10H12ClNO. The molecule has 2 N–H and O–H groups in total. The molecule has 1 aromatic carbocycles. The molecule has 1 aliphatic carbocycles. The smallest absolute Gasteiger partial charge is 0.122 e. The summed E-state index contributed by atoms with van der Waals surface area (Å²) in [6.45, 7) is 0. The molecule has 1 aromatic rings. The van der Waals surface area contributed by atoms with Crippen LogP contribution in [-0.4, -0.2) is 13.2 Å². The van der Waals surface area contributed by atoms with E-state index in [0.717, 1.165) is 22.8 Å². The van der Waals surface area contributed by atoms with E-state index in [1.807, 2.05) is 18.2 Å². The van der Waals surface area contributed by atoms with Gasteiger partial charge in [-0.3, -0.25) is 0 Å². The highest BCUT2D eigenvalue weighted by molar-refractivity contribution is 6.30. The van der Waals surface area contributed by atoms with Crippen molar-refractivity contribution in [3.8, 4) is 5.75 Å². The van der Waals surface area contributed by atoms with E-state index in [2.05, 4.69) is 0 Å². The lowest BCUT2D eigenvalue weighted by atomic mass is 10.1. The fourth-order valence-electron chi connectivity index (χ4n) is 1.57. The molecule has 2 unspecified atom stereocenters. The molecule has 1 fully saturated rings. The molecule has 2 atom stereocenters. The predicted molar refractivity (Wildman–Crippen MR) is 53.3 cm³/mol. The first-order chi connectivity index (χ1) is 6.22. The first kappa shape index (κ1) is 8.85. The van der Waals surface area contributed by atoms with Crippen LogP contribution in [0.1, 0.15) is 17.9 Å². The molecule has 0 bridgehead atoms. The molecule has 0 amide bonds. The number of benzene rings is 1. The molecule has 1 saturated carbocycles. The third-order valence-electron chi connectivity index (χ3n) is 2.43. The van der Waals surface area contributed by atoms with E-state index in [9.17, 15) is 0 Å². The Balaban J connectivity index is 2.35. The van der Waals surface area contributed by atoms with Crippen molar-refractivity contribution in [1.29, 1.82) is 0 Å². The monoisotopic (exact) mass is 197 g/mol. The van der Waals surface area contributed by atoms with Crippen molar-refractivity contribution in [2.75, 3.05) is 7.11 Å². The predicted octanol–water partition coefficient (Wildman–Crippen LogP) is 2.16. The van der Waals surface area contributed by atoms with Gasteiger partial charge in [-0.05, 0) is 24.6 Å². The Hall–Kier alpha value is -0.730. The van der Waals surface area contributed by atoms with Crippen LogP contribution in [0.25, 0.3) is 0 Å². The van der Waals surface area contributed by atoms with Gasteiger partial charge >= 0.3 is 0 Å². The summed E-state index contributed by atoms with van der Waals surface area (Å²) in [6, 6.07) is 5.95. The van der Waals surface area contributed by atoms with Gasteiger partial charge in [-0.2, -0.15) is 0 Å². The molecule has 1 aliphatic rings. The fourth-order valence-corrected chi connectivity index (χ4v) is 1.75. The second kappa shape index (κ2) is 3.20. The number of ether oxygens (including phenoxy) is 1. The third-order valence-corrected chi connectivity index (χ3v) is 2.67. The van der Waals surface area contributed by atoms with Gasteiger partial charge in [0.15, 0.2) is 0 Å². The van der Waals surface area contributed by atoms with Crippen LogP contribution >= 0.6 is 11.6 Å². The third kappa shape index (κ3) is 1.64. The van der Waals surface area contributed by atoms with Crippen LogP contribution in [0.15, 0.2) is 18.2 Å². The van der Waals surface area contributed by atoms with Crippen molar-refractivity contribution in [2.45, 2.75) is 18.4 Å². The highest BCUT2D eigenvalue weighted by atomic mass is 35.5. The number of halogens is 1. The van der Waals surface area contributed by atoms with Gasteiger partial charge in [0.1, 0.15) is 5.75 Å². The second-order valence-electron chi connectivity index (χ2n) is 3.39. The minimum atomic E-state index is 0.285. The van der Waals surface area contributed by atoms with E-state index in [4.69, 9.17) is 22.1 Å². The Kier molecular flexibility index (Phi) is 2.18. The Labute approximate surface area is 82.6 Å². The van der Waals surface area contributed by atoms with Gasteiger partial charge < -0.3 is 10.5 Å². The standard InChI is InChI=1S/C10H12ClNO/c1-13-10-3-2-6(11)4-8(10)7-5-9(7)12/h2-4,7,9H,5,12H2,1H3. The first-order valence-electron chi connectivity index (χ1n) is 4.31. The molecule has 3 heteroatoms. The van der Waals surface area contributed by atoms with Gasteiger partial charge in [0.2, 0.25) is 0 Å². The lowest BCUT2D eigenvalue weighted by Gasteiger charge is -2.07. The number of methoxy groups -OCH3 is 1. The topological polar surface area (TPSA) is 35.2 Å². The minimum Gasteiger partial charge on any atom is -0.496 e. The molecule has 0 aromatic heterocycles. The average Bonchev–Trinajstić information content (AvgIpc) is 2.82. The van der Waals surface area contributed by atoms with Gasteiger partial charge in [-0.15, -0.1) is 0 Å². The van der Waals surface area contributed by atoms with Crippen LogP contribution in [0.3, 0.4) is 0 Å². The van der Waals surface area contributed by atoms with E-state index >= 15 is 0 Å². The average molecular weight is 198 g/mol. The van der Waals surface area contributed by atoms with Crippen molar-refractivity contribution in [3.05, 3.63) is 28.8 Å². The van der Waals surface area contributed by atoms with Crippen LogP contribution in [-0.2, 0) is 0 Å². The van der Waals surface area contributed by atoms with Gasteiger partial charge in [0.05, 0.1) is 7.11 Å². The van der Waals surface area contributed by atoms with Crippen LogP contribution < -0.4 is 10.5 Å². The fraction of sp³-hybridized carbons (Fsp3) is 0.400. The normalized spacial score (nSPS) is 25.8. The molecule has 2 rings (SSSR count). The summed E-state index contributed by atoms with van der Waals surface area (Å²) in [5.41, 5.74) is 6.91. The number of hydrogen-bond acceptors (Lipinski definition) is 2. The maximum absolute atomic E-state index is 5.90. The molecule has 2 nitrogen and oxygen atoms in total. The van der Waals surface area contributed by atoms with Crippen molar-refractivity contribution in [3.63, 3.8) is 0 Å². The van der Waals surface area contributed by atoms with Crippen LogP contribution in [0.2, 0.25) is 5.02 Å². The Bertz CT molecular complexity index is 327. The van der Waals surface area contributed by atoms with Crippen LogP contribution in [0, 0.1) is 0 Å². The number of nitrogens with two attached hydrogens (primary N) is 1. The molecule has 0 radical (unpaired) electrons. The zero-order valence-corrected chi connectivity index (χ0v) is 8.21. The molecule has 0 spiro atoms. The van der Waals surface area contributed by atoms with Crippen LogP contribution in [0.4, 0.5) is 0 Å². The van der Waals surface area contributed by atoms with Gasteiger partial charge in [-0.25, -0.2) is 0 Å². The minimum absolute atomic E-state index is 0.285. The van der Waals surface area contributed by atoms with E-state index in [-0.39, 0.29) is 6.04 Å². The molecular weight excluding hydrogens is 186 g/mol. The van der Waals surface area contributed by atoms with E-state index < -0.39 is 0 Å². The molecule has 0 aliphatic heterocycles. The zero-order valence-electron chi connectivity index (χ0n) is 7.46. The summed E-state index contributed by atoms with van der Waals surface area (Å²) >= 11 is 5.90. The van der Waals surface area contributed by atoms with Crippen molar-refractivity contribution < 1.29 is 4.74 Å². The molecule has 0 saturated heterocycles. The second-order valence-corrected chi connectivity index (χ2v) is 3.83. The summed E-state index contributed by atoms with van der Waals surface area (Å²) < 4.78 is 5.24. The van der Waals surface area contributed by atoms with Gasteiger partial charge in [0.25, 0.3) is 0 Å². The van der Waals surface area contributed by atoms with Crippen molar-refractivity contribution >= 4 is 11.6 Å². The van der Waals surface area contributed by atoms with E-state index in [0.29, 0.717) is 5.92 Å². The van der Waals surface area contributed by atoms with Gasteiger partial charge in [-0.1, -0.05) is 11.6 Å². The summed E-state index contributed by atoms with van der Waals surface area (Å²) in [4.78, 5) is 0. The lowest BCUT2D eigenvalue weighted by molar-refractivity contribution is 0.409. The summed E-state index contributed by atoms with van der Waals surface area (Å²) in [7, 11) is 1.67. The summed E-state index contributed by atoms with van der Waals surface area (Å²) in [5.74, 6) is 1.33. The summed E-state index contributed by atoms with van der Waals surface area (Å²) in [5, 5.41) is 0.745. The molecule has 70 valence electrons. The zero-order chi connectivity index (χ0) is 9.42.